The second-order valence-electron chi connectivity index (χ2n) is 4.73. The van der Waals surface area contributed by atoms with Gasteiger partial charge in [0.15, 0.2) is 0 Å². The Labute approximate surface area is 115 Å². The molecule has 0 aliphatic carbocycles. The molecule has 0 radical (unpaired) electrons. The lowest BCUT2D eigenvalue weighted by Gasteiger charge is -2.40. The highest BCUT2D eigenvalue weighted by molar-refractivity contribution is 7.09. The first-order chi connectivity index (χ1) is 9.28. The molecule has 0 bridgehead atoms. The zero-order chi connectivity index (χ0) is 13.3. The molecule has 2 unspecified atom stereocenters. The predicted octanol–water partition coefficient (Wildman–Crippen LogP) is 1.86. The number of benzene rings is 1. The van der Waals surface area contributed by atoms with Crippen molar-refractivity contribution >= 4 is 11.3 Å². The number of para-hydroxylation sites is 1. The van der Waals surface area contributed by atoms with Crippen LogP contribution in [0, 0.1) is 0 Å². The first-order valence-corrected chi connectivity index (χ1v) is 7.16. The van der Waals surface area contributed by atoms with Crippen molar-refractivity contribution in [2.75, 3.05) is 13.2 Å². The van der Waals surface area contributed by atoms with E-state index in [1.165, 1.54) is 11.3 Å². The number of rotatable bonds is 3. The molecule has 1 aromatic heterocycles. The molecule has 5 heteroatoms. The third-order valence-corrected chi connectivity index (χ3v) is 4.63. The lowest BCUT2D eigenvalue weighted by atomic mass is 9.72. The van der Waals surface area contributed by atoms with Crippen LogP contribution < -0.4 is 10.5 Å². The molecule has 100 valence electrons. The smallest absolute Gasteiger partial charge is 0.123 e. The third kappa shape index (κ3) is 1.94. The number of hydrogen-bond donors (Lipinski definition) is 2. The number of hydrogen-bond acceptors (Lipinski definition) is 5. The van der Waals surface area contributed by atoms with Crippen LogP contribution in [0.15, 0.2) is 35.8 Å². The van der Waals surface area contributed by atoms with Gasteiger partial charge in [0, 0.05) is 29.1 Å². The van der Waals surface area contributed by atoms with Crippen molar-refractivity contribution in [3.63, 3.8) is 0 Å². The van der Waals surface area contributed by atoms with E-state index in [1.54, 1.807) is 6.20 Å². The minimum absolute atomic E-state index is 0.369. The lowest BCUT2D eigenvalue weighted by Crippen LogP contribution is -2.44. The van der Waals surface area contributed by atoms with E-state index < -0.39 is 11.5 Å². The van der Waals surface area contributed by atoms with E-state index >= 15 is 0 Å². The Morgan fingerprint density at radius 3 is 3.05 bits per heavy atom. The number of nitrogens with two attached hydrogens (primary N) is 1. The molecule has 4 nitrogen and oxygen atoms in total. The van der Waals surface area contributed by atoms with Gasteiger partial charge in [0.25, 0.3) is 0 Å². The van der Waals surface area contributed by atoms with Crippen molar-refractivity contribution < 1.29 is 9.84 Å². The standard InChI is InChI=1S/C14H16N2O2S/c15-9-14(12(17)13-16-6-8-19-13)5-7-18-11-4-2-1-3-10(11)14/h1-4,6,8,12,17H,5,7,9,15H2. The predicted molar refractivity (Wildman–Crippen MR) is 74.4 cm³/mol. The summed E-state index contributed by atoms with van der Waals surface area (Å²) in [6, 6.07) is 7.79. The van der Waals surface area contributed by atoms with Gasteiger partial charge < -0.3 is 15.6 Å². The SMILES string of the molecule is NCC1(C(O)c2nccs2)CCOc2ccccc21. The molecule has 1 aliphatic heterocycles. The summed E-state index contributed by atoms with van der Waals surface area (Å²) in [5, 5.41) is 13.3. The number of nitrogens with zero attached hydrogens (tertiary/aromatic N) is 1. The van der Waals surface area contributed by atoms with Gasteiger partial charge in [0.1, 0.15) is 16.9 Å². The topological polar surface area (TPSA) is 68.4 Å². The molecule has 0 amide bonds. The highest BCUT2D eigenvalue weighted by Crippen LogP contribution is 2.46. The largest absolute Gasteiger partial charge is 0.493 e. The van der Waals surface area contributed by atoms with Crippen molar-refractivity contribution in [2.45, 2.75) is 17.9 Å². The fourth-order valence-electron chi connectivity index (χ4n) is 2.70. The number of aliphatic hydroxyl groups excluding tert-OH is 1. The second-order valence-corrected chi connectivity index (χ2v) is 5.65. The van der Waals surface area contributed by atoms with E-state index in [-0.39, 0.29) is 0 Å². The van der Waals surface area contributed by atoms with Gasteiger partial charge in [0.2, 0.25) is 0 Å². The Balaban J connectivity index is 2.10. The Hall–Kier alpha value is -1.43. The van der Waals surface area contributed by atoms with Crippen LogP contribution in [0.3, 0.4) is 0 Å². The maximum Gasteiger partial charge on any atom is 0.123 e. The summed E-state index contributed by atoms with van der Waals surface area (Å²) in [6.07, 6.45) is 1.71. The van der Waals surface area contributed by atoms with Crippen molar-refractivity contribution in [3.05, 3.63) is 46.4 Å². The average molecular weight is 276 g/mol. The molecule has 3 N–H and O–H groups in total. The van der Waals surface area contributed by atoms with Crippen LogP contribution >= 0.6 is 11.3 Å². The Kier molecular flexibility index (Phi) is 3.26. The zero-order valence-corrected chi connectivity index (χ0v) is 11.3. The van der Waals surface area contributed by atoms with Crippen molar-refractivity contribution in [3.8, 4) is 5.75 Å². The van der Waals surface area contributed by atoms with Gasteiger partial charge in [-0.05, 0) is 12.5 Å². The number of fused-ring (bicyclic) bond motifs is 1. The maximum absolute atomic E-state index is 10.7. The summed E-state index contributed by atoms with van der Waals surface area (Å²) in [4.78, 5) is 4.23. The fraction of sp³-hybridized carbons (Fsp3) is 0.357. The first-order valence-electron chi connectivity index (χ1n) is 6.28. The molecule has 2 aromatic rings. The molecule has 0 saturated carbocycles. The monoisotopic (exact) mass is 276 g/mol. The molecule has 2 heterocycles. The molecular weight excluding hydrogens is 260 g/mol. The van der Waals surface area contributed by atoms with Crippen LogP contribution in [0.4, 0.5) is 0 Å². The molecule has 0 spiro atoms. The maximum atomic E-state index is 10.7. The van der Waals surface area contributed by atoms with E-state index in [9.17, 15) is 5.11 Å². The van der Waals surface area contributed by atoms with E-state index in [4.69, 9.17) is 10.5 Å². The van der Waals surface area contributed by atoms with Crippen molar-refractivity contribution in [2.24, 2.45) is 5.73 Å². The number of ether oxygens (including phenoxy) is 1. The van der Waals surface area contributed by atoms with Gasteiger partial charge in [-0.25, -0.2) is 4.98 Å². The average Bonchev–Trinajstić information content (AvgIpc) is 3.00. The van der Waals surface area contributed by atoms with Crippen molar-refractivity contribution in [1.29, 1.82) is 0 Å². The molecule has 3 rings (SSSR count). The van der Waals surface area contributed by atoms with Crippen LogP contribution in [-0.2, 0) is 5.41 Å². The van der Waals surface area contributed by atoms with Crippen LogP contribution in [0.25, 0.3) is 0 Å². The van der Waals surface area contributed by atoms with E-state index in [0.717, 1.165) is 11.3 Å². The van der Waals surface area contributed by atoms with Gasteiger partial charge >= 0.3 is 0 Å². The highest BCUT2D eigenvalue weighted by Gasteiger charge is 2.44. The third-order valence-electron chi connectivity index (χ3n) is 3.80. The Morgan fingerprint density at radius 1 is 1.47 bits per heavy atom. The number of thiazole rings is 1. The summed E-state index contributed by atoms with van der Waals surface area (Å²) in [5.41, 5.74) is 6.49. The molecule has 2 atom stereocenters. The normalized spacial score (nSPS) is 23.5. The van der Waals surface area contributed by atoms with Gasteiger partial charge in [-0.3, -0.25) is 0 Å². The van der Waals surface area contributed by atoms with Crippen LogP contribution in [0.1, 0.15) is 23.1 Å². The van der Waals surface area contributed by atoms with Gasteiger partial charge in [0.05, 0.1) is 6.61 Å². The minimum atomic E-state index is -0.692. The van der Waals surface area contributed by atoms with E-state index in [1.807, 2.05) is 29.6 Å². The molecule has 1 aromatic carbocycles. The second kappa shape index (κ2) is 4.92. The highest BCUT2D eigenvalue weighted by atomic mass is 32.1. The summed E-state index contributed by atoms with van der Waals surface area (Å²) < 4.78 is 5.66. The molecule has 1 aliphatic rings. The zero-order valence-electron chi connectivity index (χ0n) is 10.5. The quantitative estimate of drug-likeness (QED) is 0.898. The van der Waals surface area contributed by atoms with Crippen LogP contribution in [0.2, 0.25) is 0 Å². The number of aromatic nitrogens is 1. The lowest BCUT2D eigenvalue weighted by molar-refractivity contribution is 0.0533. The van der Waals surface area contributed by atoms with E-state index in [2.05, 4.69) is 4.98 Å². The van der Waals surface area contributed by atoms with Gasteiger partial charge in [-0.2, -0.15) is 0 Å². The van der Waals surface area contributed by atoms with Gasteiger partial charge in [-0.15, -0.1) is 11.3 Å². The molecule has 0 saturated heterocycles. The fourth-order valence-corrected chi connectivity index (χ4v) is 3.43. The summed E-state index contributed by atoms with van der Waals surface area (Å²) in [5.74, 6) is 0.815. The minimum Gasteiger partial charge on any atom is -0.493 e. The number of aliphatic hydroxyl groups is 1. The van der Waals surface area contributed by atoms with Gasteiger partial charge in [-0.1, -0.05) is 18.2 Å². The van der Waals surface area contributed by atoms with Crippen molar-refractivity contribution in [1.82, 2.24) is 4.98 Å². The molecule has 19 heavy (non-hydrogen) atoms. The Bertz CT molecular complexity index is 558. The van der Waals surface area contributed by atoms with E-state index in [0.29, 0.717) is 24.6 Å². The summed E-state index contributed by atoms with van der Waals surface area (Å²) in [6.45, 7) is 0.935. The Morgan fingerprint density at radius 2 is 2.32 bits per heavy atom. The summed E-state index contributed by atoms with van der Waals surface area (Å²) in [7, 11) is 0. The summed E-state index contributed by atoms with van der Waals surface area (Å²) >= 11 is 1.46. The van der Waals surface area contributed by atoms with Crippen LogP contribution in [-0.4, -0.2) is 23.2 Å². The van der Waals surface area contributed by atoms with Crippen LogP contribution in [0.5, 0.6) is 5.75 Å². The first kappa shape index (κ1) is 12.6. The molecular formula is C14H16N2O2S. The molecule has 0 fully saturated rings.